The number of nitrogens with one attached hydrogen (secondary N) is 1. The molecule has 0 amide bonds. The van der Waals surface area contributed by atoms with E-state index in [1.807, 2.05) is 24.3 Å². The van der Waals surface area contributed by atoms with Crippen LogP contribution in [0, 0.1) is 0 Å². The van der Waals surface area contributed by atoms with Gasteiger partial charge in [0.25, 0.3) is 0 Å². The zero-order valence-electron chi connectivity index (χ0n) is 17.3. The van der Waals surface area contributed by atoms with Crippen LogP contribution < -0.4 is 14.8 Å². The fourth-order valence-electron chi connectivity index (χ4n) is 3.47. The fourth-order valence-corrected chi connectivity index (χ4v) is 3.47. The number of nitrogens with zero attached hydrogens (tertiary/aromatic N) is 2. The van der Waals surface area contributed by atoms with Gasteiger partial charge in [-0.2, -0.15) is 13.2 Å². The van der Waals surface area contributed by atoms with Crippen LogP contribution in [0.15, 0.2) is 42.7 Å². The summed E-state index contributed by atoms with van der Waals surface area (Å²) in [4.78, 5) is 17.7. The topological polar surface area (TPSA) is 103 Å². The quantitative estimate of drug-likeness (QED) is 0.592. The van der Waals surface area contributed by atoms with Crippen molar-refractivity contribution < 1.29 is 37.3 Å². The maximum Gasteiger partial charge on any atom is 0.490 e. The summed E-state index contributed by atoms with van der Waals surface area (Å²) in [5, 5.41) is 11.6. The Bertz CT molecular complexity index is 1150. The summed E-state index contributed by atoms with van der Waals surface area (Å²) >= 11 is 0. The molecule has 0 bridgehead atoms. The summed E-state index contributed by atoms with van der Waals surface area (Å²) in [5.41, 5.74) is 3.08. The molecule has 3 heterocycles. The third-order valence-electron chi connectivity index (χ3n) is 5.10. The molecule has 11 heteroatoms. The van der Waals surface area contributed by atoms with Crippen LogP contribution in [-0.2, 0) is 9.53 Å². The van der Waals surface area contributed by atoms with Gasteiger partial charge in [-0.1, -0.05) is 12.1 Å². The molecule has 0 radical (unpaired) electrons. The second-order valence-electron chi connectivity index (χ2n) is 7.34. The number of carboxylic acid groups (broad SMARTS) is 1. The molecular formula is C22H20F3N3O5. The highest BCUT2D eigenvalue weighted by atomic mass is 19.4. The van der Waals surface area contributed by atoms with E-state index in [2.05, 4.69) is 27.4 Å². The van der Waals surface area contributed by atoms with E-state index in [0.29, 0.717) is 0 Å². The van der Waals surface area contributed by atoms with Crippen molar-refractivity contribution in [2.75, 3.05) is 25.3 Å². The molecule has 2 N–H and O–H groups in total. The largest absolute Gasteiger partial charge is 0.490 e. The number of carboxylic acids is 1. The number of alkyl halides is 3. The molecule has 0 spiro atoms. The van der Waals surface area contributed by atoms with Gasteiger partial charge in [0, 0.05) is 18.5 Å². The van der Waals surface area contributed by atoms with Crippen LogP contribution in [0.1, 0.15) is 12.8 Å². The first kappa shape index (κ1) is 22.6. The van der Waals surface area contributed by atoms with Gasteiger partial charge in [-0.05, 0) is 48.2 Å². The van der Waals surface area contributed by atoms with E-state index in [4.69, 9.17) is 24.1 Å². The van der Waals surface area contributed by atoms with Crippen molar-refractivity contribution >= 4 is 22.7 Å². The minimum Gasteiger partial charge on any atom is -0.475 e. The summed E-state index contributed by atoms with van der Waals surface area (Å²) in [5.74, 6) is -0.346. The van der Waals surface area contributed by atoms with Crippen molar-refractivity contribution in [2.45, 2.75) is 25.1 Å². The fraction of sp³-hybridized carbons (Fsp3) is 0.318. The Morgan fingerprint density at radius 2 is 1.82 bits per heavy atom. The number of hydrogen-bond acceptors (Lipinski definition) is 7. The van der Waals surface area contributed by atoms with Gasteiger partial charge in [0.05, 0.1) is 11.6 Å². The van der Waals surface area contributed by atoms with Crippen LogP contribution >= 0.6 is 0 Å². The Morgan fingerprint density at radius 3 is 2.55 bits per heavy atom. The summed E-state index contributed by atoms with van der Waals surface area (Å²) < 4.78 is 48.3. The van der Waals surface area contributed by atoms with Gasteiger partial charge < -0.3 is 24.6 Å². The number of fused-ring (bicyclic) bond motifs is 2. The molecule has 0 aliphatic carbocycles. The first-order chi connectivity index (χ1) is 15.8. The van der Waals surface area contributed by atoms with E-state index >= 15 is 0 Å². The number of aliphatic carboxylic acids is 1. The van der Waals surface area contributed by atoms with Crippen LogP contribution in [0.4, 0.5) is 19.0 Å². The van der Waals surface area contributed by atoms with Crippen molar-refractivity contribution in [3.8, 4) is 22.6 Å². The van der Waals surface area contributed by atoms with Gasteiger partial charge in [0.2, 0.25) is 6.79 Å². The summed E-state index contributed by atoms with van der Waals surface area (Å²) in [6, 6.07) is 12.2. The Hall–Kier alpha value is -3.60. The van der Waals surface area contributed by atoms with E-state index in [9.17, 15) is 13.2 Å². The zero-order valence-corrected chi connectivity index (χ0v) is 17.3. The minimum atomic E-state index is -5.08. The molecule has 1 unspecified atom stereocenters. The molecule has 5 rings (SSSR count). The first-order valence-electron chi connectivity index (χ1n) is 10.1. The SMILES string of the molecule is O=C(O)C(F)(F)F.c1nc(NCC2CCCO2)c2cc(-c3ccc4c(c3)OCO4)ccc2n1. The average molecular weight is 463 g/mol. The number of carbonyl (C=O) groups is 1. The van der Waals surface area contributed by atoms with Crippen molar-refractivity contribution in [1.82, 2.24) is 9.97 Å². The van der Waals surface area contributed by atoms with Crippen molar-refractivity contribution in [1.29, 1.82) is 0 Å². The highest BCUT2D eigenvalue weighted by molar-refractivity contribution is 5.92. The Labute approximate surface area is 186 Å². The van der Waals surface area contributed by atoms with Gasteiger partial charge in [-0.3, -0.25) is 0 Å². The third kappa shape index (κ3) is 5.43. The molecule has 2 aliphatic heterocycles. The molecule has 1 atom stereocenters. The predicted octanol–water partition coefficient (Wildman–Crippen LogP) is 4.25. The van der Waals surface area contributed by atoms with Gasteiger partial charge in [0.1, 0.15) is 12.1 Å². The zero-order chi connectivity index (χ0) is 23.4. The standard InChI is InChI=1S/C20H19N3O3.C2HF3O2/c1-2-15(24-7-1)10-21-20-16-8-13(3-5-17(16)22-11-23-20)14-4-6-18-19(9-14)26-12-25-18;3-2(4,5)1(6)7/h3-6,8-9,11,15H,1-2,7,10,12H2,(H,21,22,23);(H,6,7). The number of aromatic nitrogens is 2. The first-order valence-corrected chi connectivity index (χ1v) is 10.1. The number of rotatable bonds is 4. The van der Waals surface area contributed by atoms with Crippen LogP contribution in [-0.4, -0.2) is 53.3 Å². The number of anilines is 1. The van der Waals surface area contributed by atoms with Gasteiger partial charge in [-0.15, -0.1) is 0 Å². The molecule has 33 heavy (non-hydrogen) atoms. The smallest absolute Gasteiger partial charge is 0.475 e. The van der Waals surface area contributed by atoms with E-state index in [1.54, 1.807) is 6.33 Å². The Morgan fingerprint density at radius 1 is 1.09 bits per heavy atom. The van der Waals surface area contributed by atoms with Crippen LogP contribution in [0.25, 0.3) is 22.0 Å². The minimum absolute atomic E-state index is 0.261. The number of halogens is 3. The van der Waals surface area contributed by atoms with E-state index in [-0.39, 0.29) is 12.9 Å². The average Bonchev–Trinajstić information content (AvgIpc) is 3.48. The number of ether oxygens (including phenoxy) is 3. The molecular weight excluding hydrogens is 443 g/mol. The molecule has 0 saturated carbocycles. The van der Waals surface area contributed by atoms with Crippen LogP contribution in [0.5, 0.6) is 11.5 Å². The lowest BCUT2D eigenvalue weighted by Crippen LogP contribution is -2.21. The molecule has 174 valence electrons. The van der Waals surface area contributed by atoms with Gasteiger partial charge >= 0.3 is 12.1 Å². The molecule has 2 aromatic carbocycles. The van der Waals surface area contributed by atoms with Gasteiger partial charge in [-0.25, -0.2) is 14.8 Å². The number of benzene rings is 2. The molecule has 2 aliphatic rings. The lowest BCUT2D eigenvalue weighted by molar-refractivity contribution is -0.192. The summed E-state index contributed by atoms with van der Waals surface area (Å²) in [6.07, 6.45) is -0.999. The summed E-state index contributed by atoms with van der Waals surface area (Å²) in [7, 11) is 0. The van der Waals surface area contributed by atoms with Crippen molar-refractivity contribution in [3.63, 3.8) is 0 Å². The molecule has 3 aromatic rings. The summed E-state index contributed by atoms with van der Waals surface area (Å²) in [6.45, 7) is 1.90. The molecule has 1 saturated heterocycles. The van der Waals surface area contributed by atoms with E-state index in [1.165, 1.54) is 0 Å². The second-order valence-corrected chi connectivity index (χ2v) is 7.34. The Kier molecular flexibility index (Phi) is 6.50. The normalized spacial score (nSPS) is 16.9. The van der Waals surface area contributed by atoms with Crippen molar-refractivity contribution in [3.05, 3.63) is 42.7 Å². The third-order valence-corrected chi connectivity index (χ3v) is 5.10. The lowest BCUT2D eigenvalue weighted by atomic mass is 10.0. The monoisotopic (exact) mass is 463 g/mol. The highest BCUT2D eigenvalue weighted by Gasteiger charge is 2.38. The molecule has 1 aromatic heterocycles. The number of hydrogen-bond donors (Lipinski definition) is 2. The molecule has 8 nitrogen and oxygen atoms in total. The van der Waals surface area contributed by atoms with E-state index in [0.717, 1.165) is 65.3 Å². The maximum absolute atomic E-state index is 10.6. The lowest BCUT2D eigenvalue weighted by Gasteiger charge is -2.13. The van der Waals surface area contributed by atoms with Crippen LogP contribution in [0.2, 0.25) is 0 Å². The molecule has 1 fully saturated rings. The van der Waals surface area contributed by atoms with E-state index < -0.39 is 12.1 Å². The Balaban J connectivity index is 0.000000325. The highest BCUT2D eigenvalue weighted by Crippen LogP contribution is 2.37. The maximum atomic E-state index is 10.6. The van der Waals surface area contributed by atoms with Crippen molar-refractivity contribution in [2.24, 2.45) is 0 Å². The van der Waals surface area contributed by atoms with Crippen LogP contribution in [0.3, 0.4) is 0 Å². The predicted molar refractivity (Wildman–Crippen MR) is 112 cm³/mol. The van der Waals surface area contributed by atoms with Gasteiger partial charge in [0.15, 0.2) is 11.5 Å². The second kappa shape index (κ2) is 9.49.